The number of nitrogens with one attached hydrogen (secondary N) is 1. The highest BCUT2D eigenvalue weighted by molar-refractivity contribution is 5.95. The number of allylic oxidation sites excluding steroid dienone is 1. The van der Waals surface area contributed by atoms with Crippen molar-refractivity contribution in [3.63, 3.8) is 0 Å². The van der Waals surface area contributed by atoms with Gasteiger partial charge in [0.05, 0.1) is 38.3 Å². The van der Waals surface area contributed by atoms with Gasteiger partial charge in [-0.1, -0.05) is 61.0 Å². The predicted molar refractivity (Wildman–Crippen MR) is 208 cm³/mol. The molecule has 4 atom stereocenters. The molecule has 1 N–H and O–H groups in total. The number of amides is 3. The zero-order chi connectivity index (χ0) is 38.5. The summed E-state index contributed by atoms with van der Waals surface area (Å²) in [5, 5.41) is 3.76. The lowest BCUT2D eigenvalue weighted by Gasteiger charge is -2.32. The summed E-state index contributed by atoms with van der Waals surface area (Å²) in [4.78, 5) is 55.9. The lowest BCUT2D eigenvalue weighted by Crippen LogP contribution is -2.55. The monoisotopic (exact) mass is 747 g/mol. The van der Waals surface area contributed by atoms with Crippen LogP contribution in [0.25, 0.3) is 22.3 Å². The third kappa shape index (κ3) is 7.94. The van der Waals surface area contributed by atoms with Crippen LogP contribution in [0, 0.1) is 12.8 Å². The number of benzene rings is 3. The van der Waals surface area contributed by atoms with E-state index in [1.165, 1.54) is 0 Å². The molecule has 3 aliphatic rings. The minimum absolute atomic E-state index is 0.132. The van der Waals surface area contributed by atoms with Gasteiger partial charge >= 0.3 is 12.0 Å². The Hall–Kier alpha value is -5.65. The van der Waals surface area contributed by atoms with E-state index in [0.717, 1.165) is 48.1 Å². The molecule has 1 aliphatic carbocycles. The number of esters is 1. The van der Waals surface area contributed by atoms with Gasteiger partial charge < -0.3 is 34.1 Å². The third-order valence-electron chi connectivity index (χ3n) is 10.8. The Morgan fingerprint density at radius 3 is 2.51 bits per heavy atom. The van der Waals surface area contributed by atoms with Gasteiger partial charge in [-0.05, 0) is 69.4 Å². The van der Waals surface area contributed by atoms with E-state index in [1.807, 2.05) is 84.6 Å². The fourth-order valence-corrected chi connectivity index (χ4v) is 7.70. The number of carbonyl (C=O) groups excluding carboxylic acids is 3. The fourth-order valence-electron chi connectivity index (χ4n) is 7.70. The minimum Gasteiger partial charge on any atom is -0.497 e. The highest BCUT2D eigenvalue weighted by atomic mass is 16.5. The van der Waals surface area contributed by atoms with Crippen molar-refractivity contribution in [2.45, 2.75) is 76.6 Å². The molecule has 0 spiro atoms. The summed E-state index contributed by atoms with van der Waals surface area (Å²) in [5.74, 6) is 1.18. The van der Waals surface area contributed by atoms with Crippen LogP contribution >= 0.6 is 0 Å². The molecule has 4 unspecified atom stereocenters. The van der Waals surface area contributed by atoms with E-state index in [4.69, 9.17) is 28.9 Å². The van der Waals surface area contributed by atoms with Crippen molar-refractivity contribution in [2.75, 3.05) is 33.9 Å². The van der Waals surface area contributed by atoms with Gasteiger partial charge in [0.2, 0.25) is 11.8 Å². The van der Waals surface area contributed by atoms with Crippen molar-refractivity contribution in [3.05, 3.63) is 90.0 Å². The Morgan fingerprint density at radius 1 is 0.964 bits per heavy atom. The minimum atomic E-state index is -1.18. The smallest absolute Gasteiger partial charge is 0.332 e. The number of nitrogens with zero attached hydrogens (tertiary/aromatic N) is 4. The molecule has 3 amide bonds. The fraction of sp³-hybridized carbons (Fsp3) is 0.419. The molecule has 1 saturated heterocycles. The molecular formula is C43H49N5O7. The van der Waals surface area contributed by atoms with Gasteiger partial charge in [-0.25, -0.2) is 14.6 Å². The van der Waals surface area contributed by atoms with E-state index in [1.54, 1.807) is 26.0 Å². The SMILES string of the molecule is CCOC(=O)C12CC1C=CCCCCCN(Cc1ccc(OC)cc1)C(=O)N1CC(Oc3nc(-c4ccccc4)nc4c(C)c(OC)ccc34)CC1C(=O)N2. The van der Waals surface area contributed by atoms with Crippen LogP contribution in [0.5, 0.6) is 17.4 Å². The Morgan fingerprint density at radius 2 is 1.76 bits per heavy atom. The van der Waals surface area contributed by atoms with Crippen molar-refractivity contribution >= 4 is 28.8 Å². The lowest BCUT2D eigenvalue weighted by atomic mass is 10.1. The van der Waals surface area contributed by atoms with Crippen LogP contribution in [0.2, 0.25) is 0 Å². The van der Waals surface area contributed by atoms with Crippen molar-refractivity contribution < 1.29 is 33.3 Å². The molecule has 0 radical (unpaired) electrons. The maximum Gasteiger partial charge on any atom is 0.332 e. The van der Waals surface area contributed by atoms with Crippen molar-refractivity contribution in [1.82, 2.24) is 25.1 Å². The zero-order valence-electron chi connectivity index (χ0n) is 32.0. The van der Waals surface area contributed by atoms with E-state index in [2.05, 4.69) is 11.4 Å². The normalized spacial score (nSPS) is 22.9. The molecule has 2 aliphatic heterocycles. The van der Waals surface area contributed by atoms with Crippen LogP contribution in [0.3, 0.4) is 0 Å². The summed E-state index contributed by atoms with van der Waals surface area (Å²) in [6.07, 6.45) is 7.66. The van der Waals surface area contributed by atoms with E-state index < -0.39 is 29.6 Å². The van der Waals surface area contributed by atoms with Crippen LogP contribution in [0.4, 0.5) is 4.79 Å². The molecule has 55 heavy (non-hydrogen) atoms. The summed E-state index contributed by atoms with van der Waals surface area (Å²) in [6, 6.07) is 19.9. The molecule has 7 rings (SSSR count). The van der Waals surface area contributed by atoms with Gasteiger partial charge in [-0.2, -0.15) is 4.98 Å². The molecule has 1 aromatic heterocycles. The zero-order valence-corrected chi connectivity index (χ0v) is 32.0. The number of aromatic nitrogens is 2. The first-order valence-corrected chi connectivity index (χ1v) is 19.2. The number of hydrogen-bond acceptors (Lipinski definition) is 9. The second-order valence-electron chi connectivity index (χ2n) is 14.5. The first kappa shape index (κ1) is 37.7. The number of fused-ring (bicyclic) bond motifs is 3. The van der Waals surface area contributed by atoms with Crippen LogP contribution in [0.15, 0.2) is 78.9 Å². The quantitative estimate of drug-likeness (QED) is 0.148. The number of hydrogen-bond donors (Lipinski definition) is 1. The van der Waals surface area contributed by atoms with Crippen molar-refractivity contribution in [3.8, 4) is 28.8 Å². The molecule has 12 nitrogen and oxygen atoms in total. The first-order chi connectivity index (χ1) is 26.7. The van der Waals surface area contributed by atoms with E-state index in [0.29, 0.717) is 47.9 Å². The van der Waals surface area contributed by atoms with Gasteiger partial charge in [0.25, 0.3) is 0 Å². The molecule has 3 aromatic carbocycles. The van der Waals surface area contributed by atoms with Gasteiger partial charge in [-0.15, -0.1) is 0 Å². The molecular weight excluding hydrogens is 699 g/mol. The standard InChI is InChI=1S/C43H49N5O7/c1-5-54-41(50)43-25-31(43)16-12-7-6-8-13-23-47(26-29-17-19-32(52-3)20-18-29)42(51)48-27-33(24-35(48)39(49)46-43)55-40-34-21-22-36(53-4)28(2)37(34)44-38(45-40)30-14-10-9-11-15-30/h9-12,14-22,31,33,35H,5-8,13,23-27H2,1-4H3,(H,46,49). The largest absolute Gasteiger partial charge is 0.497 e. The number of aryl methyl sites for hydroxylation is 1. The number of carbonyl (C=O) groups is 3. The molecule has 1 saturated carbocycles. The van der Waals surface area contributed by atoms with Crippen molar-refractivity contribution in [1.29, 1.82) is 0 Å². The van der Waals surface area contributed by atoms with Crippen LogP contribution in [-0.2, 0) is 20.9 Å². The lowest BCUT2D eigenvalue weighted by molar-refractivity contribution is -0.149. The second-order valence-corrected chi connectivity index (χ2v) is 14.5. The first-order valence-electron chi connectivity index (χ1n) is 19.2. The van der Waals surface area contributed by atoms with Crippen LogP contribution < -0.4 is 19.5 Å². The second kappa shape index (κ2) is 16.4. The summed E-state index contributed by atoms with van der Waals surface area (Å²) in [5.41, 5.74) is 2.10. The highest BCUT2D eigenvalue weighted by Gasteiger charge is 2.62. The maximum atomic E-state index is 14.8. The number of urea groups is 1. The van der Waals surface area contributed by atoms with Crippen LogP contribution in [-0.4, -0.2) is 89.3 Å². The number of rotatable bonds is 9. The summed E-state index contributed by atoms with van der Waals surface area (Å²) in [6.45, 7) is 4.89. The van der Waals surface area contributed by atoms with E-state index >= 15 is 0 Å². The average molecular weight is 748 g/mol. The topological polar surface area (TPSA) is 132 Å². The summed E-state index contributed by atoms with van der Waals surface area (Å²) >= 11 is 0. The van der Waals surface area contributed by atoms with Gasteiger partial charge in [0.15, 0.2) is 5.82 Å². The number of methoxy groups -OCH3 is 2. The van der Waals surface area contributed by atoms with E-state index in [9.17, 15) is 14.4 Å². The van der Waals surface area contributed by atoms with Crippen molar-refractivity contribution in [2.24, 2.45) is 5.92 Å². The average Bonchev–Trinajstić information content (AvgIpc) is 3.74. The highest BCUT2D eigenvalue weighted by Crippen LogP contribution is 2.46. The summed E-state index contributed by atoms with van der Waals surface area (Å²) < 4.78 is 23.2. The Labute approximate surface area is 321 Å². The molecule has 0 bridgehead atoms. The molecule has 12 heteroatoms. The van der Waals surface area contributed by atoms with Gasteiger partial charge in [-0.3, -0.25) is 4.79 Å². The summed E-state index contributed by atoms with van der Waals surface area (Å²) in [7, 11) is 3.24. The molecule has 288 valence electrons. The molecule has 3 heterocycles. The van der Waals surface area contributed by atoms with E-state index in [-0.39, 0.29) is 31.5 Å². The predicted octanol–water partition coefficient (Wildman–Crippen LogP) is 6.63. The molecule has 4 aromatic rings. The Balaban J connectivity index is 1.25. The maximum absolute atomic E-state index is 14.8. The Bertz CT molecular complexity index is 2060. The van der Waals surface area contributed by atoms with Crippen LogP contribution in [0.1, 0.15) is 56.6 Å². The third-order valence-corrected chi connectivity index (χ3v) is 10.8. The van der Waals surface area contributed by atoms with Gasteiger partial charge in [0.1, 0.15) is 29.2 Å². The molecule has 2 fully saturated rings. The Kier molecular flexibility index (Phi) is 11.2. The van der Waals surface area contributed by atoms with Gasteiger partial charge in [0, 0.05) is 36.6 Å². The number of ether oxygens (including phenoxy) is 4.